The second-order valence-electron chi connectivity index (χ2n) is 8.05. The molecule has 1 unspecified atom stereocenters. The normalized spacial score (nSPS) is 12.0. The number of rotatable bonds is 10. The molecule has 0 aliphatic rings. The van der Waals surface area contributed by atoms with E-state index in [1.165, 1.54) is 22.9 Å². The summed E-state index contributed by atoms with van der Waals surface area (Å²) in [6, 6.07) is 29.2. The van der Waals surface area contributed by atoms with E-state index in [0.29, 0.717) is 5.75 Å². The topological polar surface area (TPSA) is 46.9 Å². The zero-order valence-corrected chi connectivity index (χ0v) is 19.2. The maximum Gasteiger partial charge on any atom is 0.230 e. The Kier molecular flexibility index (Phi) is 7.62. The second-order valence-corrected chi connectivity index (χ2v) is 8.99. The van der Waals surface area contributed by atoms with Gasteiger partial charge in [0.15, 0.2) is 5.16 Å². The molecule has 0 radical (unpaired) electrons. The van der Waals surface area contributed by atoms with Gasteiger partial charge in [0.25, 0.3) is 0 Å². The summed E-state index contributed by atoms with van der Waals surface area (Å²) in [5.74, 6) is 0.418. The van der Waals surface area contributed by atoms with E-state index in [1.54, 1.807) is 0 Å². The lowest BCUT2D eigenvalue weighted by Crippen LogP contribution is -2.34. The summed E-state index contributed by atoms with van der Waals surface area (Å²) < 4.78 is 2.24. The average molecular weight is 444 g/mol. The number of nitrogens with one attached hydrogen (secondary N) is 1. The molecule has 0 aliphatic heterocycles. The number of aryl methyl sites for hydroxylation is 3. The molecule has 1 atom stereocenters. The van der Waals surface area contributed by atoms with Gasteiger partial charge in [-0.2, -0.15) is 0 Å². The van der Waals surface area contributed by atoms with Crippen LogP contribution in [0.3, 0.4) is 0 Å². The van der Waals surface area contributed by atoms with Crippen LogP contribution in [0.2, 0.25) is 0 Å². The van der Waals surface area contributed by atoms with Crippen molar-refractivity contribution in [3.8, 4) is 0 Å². The molecule has 4 aromatic rings. The van der Waals surface area contributed by atoms with Gasteiger partial charge in [-0.1, -0.05) is 84.6 Å². The molecule has 0 saturated carbocycles. The summed E-state index contributed by atoms with van der Waals surface area (Å²) in [6.45, 7) is 2.91. The number of benzene rings is 3. The molecule has 4 nitrogen and oxygen atoms in total. The molecule has 5 heteroatoms. The van der Waals surface area contributed by atoms with E-state index in [9.17, 15) is 4.79 Å². The molecule has 1 heterocycles. The van der Waals surface area contributed by atoms with Crippen LogP contribution in [-0.4, -0.2) is 27.3 Å². The fourth-order valence-electron chi connectivity index (χ4n) is 3.81. The number of hydrogen-bond donors (Lipinski definition) is 1. The summed E-state index contributed by atoms with van der Waals surface area (Å²) >= 11 is 1.51. The third kappa shape index (κ3) is 6.01. The average Bonchev–Trinajstić information content (AvgIpc) is 3.19. The molecule has 0 saturated heterocycles. The minimum atomic E-state index is 0.0530. The summed E-state index contributed by atoms with van der Waals surface area (Å²) in [7, 11) is 0. The first-order valence-corrected chi connectivity index (χ1v) is 12.1. The van der Waals surface area contributed by atoms with Gasteiger partial charge in [0, 0.05) is 12.6 Å². The first kappa shape index (κ1) is 22.2. The van der Waals surface area contributed by atoms with Gasteiger partial charge in [0.2, 0.25) is 5.91 Å². The van der Waals surface area contributed by atoms with E-state index in [4.69, 9.17) is 4.98 Å². The molecular formula is C27H29N3OS. The summed E-state index contributed by atoms with van der Waals surface area (Å²) in [4.78, 5) is 17.4. The van der Waals surface area contributed by atoms with Crippen LogP contribution < -0.4 is 5.32 Å². The molecule has 1 aromatic heterocycles. The van der Waals surface area contributed by atoms with Gasteiger partial charge in [0.1, 0.15) is 0 Å². The predicted molar refractivity (Wildman–Crippen MR) is 133 cm³/mol. The molecule has 1 N–H and O–H groups in total. The molecule has 1 amide bonds. The number of thioether (sulfide) groups is 1. The fraction of sp³-hybridized carbons (Fsp3) is 0.259. The Morgan fingerprint density at radius 1 is 0.906 bits per heavy atom. The SMILES string of the molecule is CC(CCc1ccccc1)NC(=O)CSc1nc2ccccc2n1CCc1ccccc1. The van der Waals surface area contributed by atoms with Gasteiger partial charge < -0.3 is 9.88 Å². The second kappa shape index (κ2) is 11.0. The van der Waals surface area contributed by atoms with Gasteiger partial charge in [-0.25, -0.2) is 4.98 Å². The number of hydrogen-bond acceptors (Lipinski definition) is 3. The fourth-order valence-corrected chi connectivity index (χ4v) is 4.66. The maximum atomic E-state index is 12.6. The first-order chi connectivity index (χ1) is 15.7. The summed E-state index contributed by atoms with van der Waals surface area (Å²) in [6.07, 6.45) is 2.82. The number of para-hydroxylation sites is 2. The highest BCUT2D eigenvalue weighted by Gasteiger charge is 2.14. The molecule has 4 rings (SSSR count). The standard InChI is InChI=1S/C27H29N3OS/c1-21(16-17-22-10-4-2-5-11-22)28-26(31)20-32-27-29-24-14-8-9-15-25(24)30(27)19-18-23-12-6-3-7-13-23/h2-15,21H,16-20H2,1H3,(H,28,31). The first-order valence-electron chi connectivity index (χ1n) is 11.1. The van der Waals surface area contributed by atoms with Crippen LogP contribution >= 0.6 is 11.8 Å². The highest BCUT2D eigenvalue weighted by molar-refractivity contribution is 7.99. The van der Waals surface area contributed by atoms with E-state index in [2.05, 4.69) is 71.4 Å². The Hall–Kier alpha value is -3.05. The number of amides is 1. The molecule has 0 fully saturated rings. The minimum absolute atomic E-state index is 0.0530. The summed E-state index contributed by atoms with van der Waals surface area (Å²) in [5, 5.41) is 4.03. The Labute approximate surface area is 194 Å². The largest absolute Gasteiger partial charge is 0.353 e. The van der Waals surface area contributed by atoms with Crippen LogP contribution in [0, 0.1) is 0 Å². The van der Waals surface area contributed by atoms with Crippen molar-refractivity contribution in [3.05, 3.63) is 96.1 Å². The van der Waals surface area contributed by atoms with Crippen molar-refractivity contribution in [3.63, 3.8) is 0 Å². The van der Waals surface area contributed by atoms with Gasteiger partial charge in [-0.15, -0.1) is 0 Å². The van der Waals surface area contributed by atoms with Crippen molar-refractivity contribution in [1.29, 1.82) is 0 Å². The maximum absolute atomic E-state index is 12.6. The zero-order valence-electron chi connectivity index (χ0n) is 18.4. The number of imidazole rings is 1. The predicted octanol–water partition coefficient (Wildman–Crippen LogP) is 5.51. The zero-order chi connectivity index (χ0) is 22.2. The summed E-state index contributed by atoms with van der Waals surface area (Å²) in [5.41, 5.74) is 4.68. The highest BCUT2D eigenvalue weighted by Crippen LogP contribution is 2.24. The van der Waals surface area contributed by atoms with Crippen LogP contribution in [0.1, 0.15) is 24.5 Å². The molecular weight excluding hydrogens is 414 g/mol. The van der Waals surface area contributed by atoms with Crippen LogP contribution in [0.4, 0.5) is 0 Å². The molecule has 0 spiro atoms. The Balaban J connectivity index is 1.35. The lowest BCUT2D eigenvalue weighted by atomic mass is 10.1. The van der Waals surface area contributed by atoms with Crippen LogP contribution in [0.15, 0.2) is 90.1 Å². The molecule has 32 heavy (non-hydrogen) atoms. The van der Waals surface area contributed by atoms with Gasteiger partial charge in [-0.05, 0) is 49.4 Å². The lowest BCUT2D eigenvalue weighted by molar-refractivity contribution is -0.119. The molecule has 3 aromatic carbocycles. The highest BCUT2D eigenvalue weighted by atomic mass is 32.2. The van der Waals surface area contributed by atoms with Crippen LogP contribution in [-0.2, 0) is 24.2 Å². The van der Waals surface area contributed by atoms with Gasteiger partial charge in [-0.3, -0.25) is 4.79 Å². The van der Waals surface area contributed by atoms with E-state index in [1.807, 2.05) is 30.3 Å². The van der Waals surface area contributed by atoms with Crippen LogP contribution in [0.5, 0.6) is 0 Å². The van der Waals surface area contributed by atoms with Crippen molar-refractivity contribution in [1.82, 2.24) is 14.9 Å². The number of fused-ring (bicyclic) bond motifs is 1. The third-order valence-corrected chi connectivity index (χ3v) is 6.51. The third-order valence-electron chi connectivity index (χ3n) is 5.54. The number of nitrogens with zero attached hydrogens (tertiary/aromatic N) is 2. The minimum Gasteiger partial charge on any atom is -0.353 e. The lowest BCUT2D eigenvalue weighted by Gasteiger charge is -2.14. The van der Waals surface area contributed by atoms with Crippen molar-refractivity contribution >= 4 is 28.7 Å². The van der Waals surface area contributed by atoms with Gasteiger partial charge in [0.05, 0.1) is 16.8 Å². The van der Waals surface area contributed by atoms with Crippen molar-refractivity contribution in [2.24, 2.45) is 0 Å². The quantitative estimate of drug-likeness (QED) is 0.329. The van der Waals surface area contributed by atoms with Crippen molar-refractivity contribution < 1.29 is 4.79 Å². The van der Waals surface area contributed by atoms with Gasteiger partial charge >= 0.3 is 0 Å². The number of carbonyl (C=O) groups is 1. The number of aromatic nitrogens is 2. The van der Waals surface area contributed by atoms with E-state index in [-0.39, 0.29) is 11.9 Å². The Morgan fingerprint density at radius 2 is 1.53 bits per heavy atom. The van der Waals surface area contributed by atoms with Crippen molar-refractivity contribution in [2.45, 2.75) is 43.9 Å². The monoisotopic (exact) mass is 443 g/mol. The molecule has 0 aliphatic carbocycles. The number of carbonyl (C=O) groups excluding carboxylic acids is 1. The smallest absolute Gasteiger partial charge is 0.230 e. The Bertz CT molecular complexity index is 1140. The molecule has 164 valence electrons. The Morgan fingerprint density at radius 3 is 2.25 bits per heavy atom. The van der Waals surface area contributed by atoms with Crippen LogP contribution in [0.25, 0.3) is 11.0 Å². The van der Waals surface area contributed by atoms with E-state index < -0.39 is 0 Å². The van der Waals surface area contributed by atoms with E-state index >= 15 is 0 Å². The molecule has 0 bridgehead atoms. The van der Waals surface area contributed by atoms with Crippen molar-refractivity contribution in [2.75, 3.05) is 5.75 Å². The van der Waals surface area contributed by atoms with E-state index in [0.717, 1.165) is 42.0 Å².